The van der Waals surface area contributed by atoms with Crippen LogP contribution in [0.25, 0.3) is 0 Å². The van der Waals surface area contributed by atoms with Crippen molar-refractivity contribution in [3.05, 3.63) is 92.3 Å². The zero-order valence-corrected chi connectivity index (χ0v) is 16.8. The maximum absolute atomic E-state index is 2.53. The first-order chi connectivity index (χ1) is 12.7. The van der Waals surface area contributed by atoms with Gasteiger partial charge in [-0.25, -0.2) is 0 Å². The highest BCUT2D eigenvalue weighted by Gasteiger charge is 2.36. The molecule has 0 amide bonds. The van der Waals surface area contributed by atoms with Crippen LogP contribution in [0.3, 0.4) is 0 Å². The van der Waals surface area contributed by atoms with Crippen LogP contribution >= 0.6 is 7.92 Å². The van der Waals surface area contributed by atoms with Gasteiger partial charge in [0.05, 0.1) is 0 Å². The molecule has 1 unspecified atom stereocenters. The van der Waals surface area contributed by atoms with Crippen molar-refractivity contribution < 1.29 is 0 Å². The lowest BCUT2D eigenvalue weighted by atomic mass is 10.1. The minimum atomic E-state index is -0.528. The maximum atomic E-state index is 2.53. The summed E-state index contributed by atoms with van der Waals surface area (Å²) in [7, 11) is 6.02. The Labute approximate surface area is 161 Å². The third kappa shape index (κ3) is 4.94. The molecule has 1 aliphatic carbocycles. The lowest BCUT2D eigenvalue weighted by Crippen LogP contribution is -2.42. The second-order valence-corrected chi connectivity index (χ2v) is 9.18. The van der Waals surface area contributed by atoms with Crippen molar-refractivity contribution in [1.82, 2.24) is 9.80 Å². The van der Waals surface area contributed by atoms with E-state index in [4.69, 9.17) is 0 Å². The maximum Gasteiger partial charge on any atom is 0.0444 e. The smallest absolute Gasteiger partial charge is 0.0444 e. The molecule has 1 saturated carbocycles. The van der Waals surface area contributed by atoms with Gasteiger partial charge in [0.15, 0.2) is 0 Å². The van der Waals surface area contributed by atoms with E-state index in [0.29, 0.717) is 5.78 Å². The van der Waals surface area contributed by atoms with Gasteiger partial charge in [-0.1, -0.05) is 60.7 Å². The van der Waals surface area contributed by atoms with Crippen LogP contribution in [0.1, 0.15) is 0 Å². The summed E-state index contributed by atoms with van der Waals surface area (Å²) in [6.07, 6.45) is 8.87. The zero-order valence-electron chi connectivity index (χ0n) is 15.9. The molecule has 0 spiro atoms. The van der Waals surface area contributed by atoms with Crippen LogP contribution in [0.5, 0.6) is 0 Å². The van der Waals surface area contributed by atoms with Gasteiger partial charge in [0.1, 0.15) is 0 Å². The highest BCUT2D eigenvalue weighted by atomic mass is 31.1. The quantitative estimate of drug-likeness (QED) is 0.664. The molecule has 5 radical (unpaired) electrons. The SMILES string of the molecule is CN(C)CCN(C)C([C]1[CH][CH][CH][CH]1)P(c1ccccc1)c1ccccc1. The molecule has 0 N–H and O–H groups in total. The fraction of sp³-hybridized carbons (Fsp3) is 0.261. The van der Waals surface area contributed by atoms with Crippen LogP contribution in [0, 0.1) is 31.6 Å². The summed E-state index contributed by atoms with van der Waals surface area (Å²) in [5.74, 6) is 1.77. The average molecular weight is 363 g/mol. The van der Waals surface area contributed by atoms with Crippen LogP contribution in [-0.4, -0.2) is 49.8 Å². The van der Waals surface area contributed by atoms with Gasteiger partial charge >= 0.3 is 0 Å². The van der Waals surface area contributed by atoms with Crippen molar-refractivity contribution in [1.29, 1.82) is 0 Å². The third-order valence-corrected chi connectivity index (χ3v) is 7.51. The van der Waals surface area contributed by atoms with Crippen molar-refractivity contribution in [3.63, 3.8) is 0 Å². The van der Waals surface area contributed by atoms with Crippen LogP contribution < -0.4 is 10.6 Å². The molecule has 26 heavy (non-hydrogen) atoms. The third-order valence-electron chi connectivity index (χ3n) is 4.62. The fourth-order valence-electron chi connectivity index (χ4n) is 3.25. The van der Waals surface area contributed by atoms with Crippen LogP contribution in [0.15, 0.2) is 60.7 Å². The van der Waals surface area contributed by atoms with Crippen molar-refractivity contribution in [2.45, 2.75) is 5.78 Å². The van der Waals surface area contributed by atoms with E-state index in [-0.39, 0.29) is 0 Å². The Hall–Kier alpha value is -1.21. The first-order valence-electron chi connectivity index (χ1n) is 9.13. The van der Waals surface area contributed by atoms with Crippen LogP contribution in [-0.2, 0) is 0 Å². The van der Waals surface area contributed by atoms with Gasteiger partial charge in [0.2, 0.25) is 0 Å². The van der Waals surface area contributed by atoms with Crippen molar-refractivity contribution >= 4 is 18.5 Å². The van der Waals surface area contributed by atoms with E-state index in [2.05, 4.69) is 117 Å². The standard InChI is InChI=1S/C23H28N2P/c1-24(2)18-19-25(3)23(20-12-10-11-13-20)26(21-14-6-4-7-15-21)22-16-8-5-9-17-22/h4-17,23H,18-19H2,1-3H3. The lowest BCUT2D eigenvalue weighted by molar-refractivity contribution is 0.275. The van der Waals surface area contributed by atoms with E-state index < -0.39 is 7.92 Å². The molecular weight excluding hydrogens is 335 g/mol. The molecule has 1 atom stereocenters. The Morgan fingerprint density at radius 3 is 1.69 bits per heavy atom. The number of likely N-dealkylation sites (N-methyl/N-ethyl adjacent to an activating group) is 2. The normalized spacial score (nSPS) is 16.7. The van der Waals surface area contributed by atoms with E-state index in [1.165, 1.54) is 16.5 Å². The molecule has 3 rings (SSSR count). The summed E-state index contributed by atoms with van der Waals surface area (Å²) >= 11 is 0. The molecule has 0 heterocycles. The number of hydrogen-bond acceptors (Lipinski definition) is 2. The number of rotatable bonds is 8. The Morgan fingerprint density at radius 1 is 0.731 bits per heavy atom. The molecule has 1 fully saturated rings. The number of nitrogens with zero attached hydrogens (tertiary/aromatic N) is 2. The Morgan fingerprint density at radius 2 is 1.23 bits per heavy atom. The van der Waals surface area contributed by atoms with E-state index in [9.17, 15) is 0 Å². The summed E-state index contributed by atoms with van der Waals surface area (Å²) in [5.41, 5.74) is 0. The van der Waals surface area contributed by atoms with Crippen molar-refractivity contribution in [2.24, 2.45) is 0 Å². The number of hydrogen-bond donors (Lipinski definition) is 0. The molecule has 2 nitrogen and oxygen atoms in total. The van der Waals surface area contributed by atoms with Crippen LogP contribution in [0.4, 0.5) is 0 Å². The first-order valence-corrected chi connectivity index (χ1v) is 10.5. The van der Waals surface area contributed by atoms with Crippen molar-refractivity contribution in [2.75, 3.05) is 34.2 Å². The lowest BCUT2D eigenvalue weighted by Gasteiger charge is -2.39. The Bertz CT molecular complexity index is 598. The summed E-state index contributed by atoms with van der Waals surface area (Å²) in [6, 6.07) is 22.0. The molecular formula is C23H28N2P. The van der Waals surface area contributed by atoms with Gasteiger partial charge < -0.3 is 4.90 Å². The monoisotopic (exact) mass is 363 g/mol. The highest BCUT2D eigenvalue weighted by molar-refractivity contribution is 7.73. The molecule has 0 bridgehead atoms. The predicted octanol–water partition coefficient (Wildman–Crippen LogP) is 3.34. The van der Waals surface area contributed by atoms with Gasteiger partial charge in [-0.2, -0.15) is 0 Å². The molecule has 0 aromatic heterocycles. The summed E-state index contributed by atoms with van der Waals surface area (Å²) in [6.45, 7) is 2.10. The van der Waals surface area contributed by atoms with E-state index in [1.54, 1.807) is 0 Å². The molecule has 0 aliphatic heterocycles. The zero-order chi connectivity index (χ0) is 18.4. The average Bonchev–Trinajstić information content (AvgIpc) is 3.19. The van der Waals surface area contributed by atoms with E-state index in [1.807, 2.05) is 0 Å². The molecule has 135 valence electrons. The summed E-state index contributed by atoms with van der Waals surface area (Å²) in [5, 5.41) is 2.85. The summed E-state index contributed by atoms with van der Waals surface area (Å²) < 4.78 is 0. The molecule has 1 aliphatic rings. The second-order valence-electron chi connectivity index (χ2n) is 6.92. The number of benzene rings is 2. The molecule has 2 aromatic rings. The van der Waals surface area contributed by atoms with Gasteiger partial charge in [-0.05, 0) is 65.4 Å². The Balaban J connectivity index is 1.97. The van der Waals surface area contributed by atoms with Gasteiger partial charge in [-0.3, -0.25) is 4.90 Å². The fourth-order valence-corrected chi connectivity index (χ4v) is 6.08. The van der Waals surface area contributed by atoms with Crippen LogP contribution in [0.2, 0.25) is 0 Å². The summed E-state index contributed by atoms with van der Waals surface area (Å²) in [4.78, 5) is 4.78. The highest BCUT2D eigenvalue weighted by Crippen LogP contribution is 2.48. The largest absolute Gasteiger partial charge is 0.308 e. The minimum Gasteiger partial charge on any atom is -0.308 e. The first kappa shape index (κ1) is 19.5. The molecule has 0 saturated heterocycles. The molecule has 2 aromatic carbocycles. The van der Waals surface area contributed by atoms with E-state index >= 15 is 0 Å². The topological polar surface area (TPSA) is 6.48 Å². The van der Waals surface area contributed by atoms with E-state index in [0.717, 1.165) is 13.1 Å². The predicted molar refractivity (Wildman–Crippen MR) is 114 cm³/mol. The van der Waals surface area contributed by atoms with Gasteiger partial charge in [-0.15, -0.1) is 0 Å². The van der Waals surface area contributed by atoms with Gasteiger partial charge in [0, 0.05) is 24.8 Å². The second kappa shape index (κ2) is 9.65. The molecule has 3 heteroatoms. The Kier molecular flexibility index (Phi) is 7.25. The van der Waals surface area contributed by atoms with Crippen molar-refractivity contribution in [3.8, 4) is 0 Å². The minimum absolute atomic E-state index is 0.366. The van der Waals surface area contributed by atoms with Gasteiger partial charge in [0.25, 0.3) is 0 Å².